The number of likely N-dealkylation sites (tertiary alicyclic amines) is 1. The number of imidazole rings is 1. The summed E-state index contributed by atoms with van der Waals surface area (Å²) in [6.45, 7) is 3.41. The van der Waals surface area contributed by atoms with Gasteiger partial charge >= 0.3 is 0 Å². The average Bonchev–Trinajstić information content (AvgIpc) is 2.75. The molecule has 100 valence electrons. The van der Waals surface area contributed by atoms with Crippen LogP contribution in [0, 0.1) is 5.92 Å². The number of piperidine rings is 1. The molecule has 2 rings (SSSR count). The van der Waals surface area contributed by atoms with Crippen LogP contribution in [0.1, 0.15) is 25.6 Å². The van der Waals surface area contributed by atoms with Crippen LogP contribution in [0.15, 0.2) is 12.4 Å². The molecule has 1 fully saturated rings. The normalized spacial score (nSPS) is 18.9. The lowest BCUT2D eigenvalue weighted by atomic mass is 9.93. The monoisotopic (exact) mass is 250 g/mol. The summed E-state index contributed by atoms with van der Waals surface area (Å²) in [7, 11) is 2.02. The number of aromatic nitrogens is 2. The van der Waals surface area contributed by atoms with E-state index in [-0.39, 0.29) is 11.9 Å². The van der Waals surface area contributed by atoms with Gasteiger partial charge < -0.3 is 15.2 Å². The molecule has 1 amide bonds. The van der Waals surface area contributed by atoms with Crippen LogP contribution in [0.5, 0.6) is 0 Å². The largest absolute Gasteiger partial charge is 0.341 e. The first-order valence-corrected chi connectivity index (χ1v) is 6.58. The zero-order valence-electron chi connectivity index (χ0n) is 11.2. The molecule has 1 atom stereocenters. The van der Waals surface area contributed by atoms with Gasteiger partial charge in [-0.2, -0.15) is 0 Å². The fourth-order valence-corrected chi connectivity index (χ4v) is 2.50. The molecule has 1 aromatic heterocycles. The lowest BCUT2D eigenvalue weighted by Crippen LogP contribution is -2.46. The number of hydrogen-bond acceptors (Lipinski definition) is 3. The third-order valence-corrected chi connectivity index (χ3v) is 3.71. The predicted octanol–water partition coefficient (Wildman–Crippen LogP) is 0.548. The van der Waals surface area contributed by atoms with E-state index in [1.54, 1.807) is 6.92 Å². The number of nitrogens with zero attached hydrogens (tertiary/aromatic N) is 3. The molecular formula is C13H22N4O. The Hall–Kier alpha value is -1.36. The maximum atomic E-state index is 11.8. The van der Waals surface area contributed by atoms with Crippen molar-refractivity contribution in [3.05, 3.63) is 18.2 Å². The van der Waals surface area contributed by atoms with Crippen molar-refractivity contribution in [2.45, 2.75) is 32.2 Å². The van der Waals surface area contributed by atoms with Crippen molar-refractivity contribution in [2.24, 2.45) is 18.7 Å². The lowest BCUT2D eigenvalue weighted by Gasteiger charge is -2.32. The average molecular weight is 250 g/mol. The quantitative estimate of drug-likeness (QED) is 0.852. The van der Waals surface area contributed by atoms with Crippen molar-refractivity contribution in [1.29, 1.82) is 0 Å². The van der Waals surface area contributed by atoms with Crippen molar-refractivity contribution < 1.29 is 4.79 Å². The number of aryl methyl sites for hydroxylation is 1. The number of carbonyl (C=O) groups excluding carboxylic acids is 1. The van der Waals surface area contributed by atoms with Crippen LogP contribution in [0.2, 0.25) is 0 Å². The van der Waals surface area contributed by atoms with Crippen molar-refractivity contribution in [3.63, 3.8) is 0 Å². The molecule has 0 radical (unpaired) electrons. The summed E-state index contributed by atoms with van der Waals surface area (Å²) in [5, 5.41) is 0. The van der Waals surface area contributed by atoms with Crippen LogP contribution in [0.3, 0.4) is 0 Å². The van der Waals surface area contributed by atoms with E-state index in [0.717, 1.165) is 38.2 Å². The van der Waals surface area contributed by atoms with Crippen LogP contribution in [0.25, 0.3) is 0 Å². The third-order valence-electron chi connectivity index (χ3n) is 3.71. The summed E-state index contributed by atoms with van der Waals surface area (Å²) in [5.74, 6) is 1.83. The fourth-order valence-electron chi connectivity index (χ4n) is 2.50. The molecule has 5 nitrogen and oxygen atoms in total. The Morgan fingerprint density at radius 1 is 1.56 bits per heavy atom. The van der Waals surface area contributed by atoms with Gasteiger partial charge in [0.05, 0.1) is 6.04 Å². The van der Waals surface area contributed by atoms with Crippen molar-refractivity contribution in [2.75, 3.05) is 13.1 Å². The van der Waals surface area contributed by atoms with Gasteiger partial charge in [-0.3, -0.25) is 4.79 Å². The van der Waals surface area contributed by atoms with E-state index in [0.29, 0.717) is 5.92 Å². The van der Waals surface area contributed by atoms with E-state index in [1.165, 1.54) is 0 Å². The Morgan fingerprint density at radius 2 is 2.22 bits per heavy atom. The second kappa shape index (κ2) is 5.52. The molecule has 18 heavy (non-hydrogen) atoms. The molecule has 0 spiro atoms. The van der Waals surface area contributed by atoms with Gasteiger partial charge in [-0.05, 0) is 25.7 Å². The van der Waals surface area contributed by atoms with Crippen LogP contribution < -0.4 is 5.73 Å². The van der Waals surface area contributed by atoms with Gasteiger partial charge in [-0.15, -0.1) is 0 Å². The zero-order valence-corrected chi connectivity index (χ0v) is 11.2. The molecule has 2 heterocycles. The minimum atomic E-state index is -0.379. The van der Waals surface area contributed by atoms with Gasteiger partial charge in [-0.1, -0.05) is 0 Å². The number of carbonyl (C=O) groups is 1. The van der Waals surface area contributed by atoms with Crippen molar-refractivity contribution >= 4 is 5.91 Å². The summed E-state index contributed by atoms with van der Waals surface area (Å²) in [6, 6.07) is -0.379. The third kappa shape index (κ3) is 2.90. The molecule has 1 aliphatic rings. The Kier molecular flexibility index (Phi) is 4.01. The van der Waals surface area contributed by atoms with Gasteiger partial charge in [-0.25, -0.2) is 4.98 Å². The minimum Gasteiger partial charge on any atom is -0.341 e. The van der Waals surface area contributed by atoms with Crippen LogP contribution >= 0.6 is 0 Å². The zero-order chi connectivity index (χ0) is 13.1. The summed E-state index contributed by atoms with van der Waals surface area (Å²) in [5.41, 5.74) is 5.63. The van der Waals surface area contributed by atoms with Gasteiger partial charge in [0.25, 0.3) is 0 Å². The van der Waals surface area contributed by atoms with Gasteiger partial charge in [0.15, 0.2) is 0 Å². The molecule has 0 aromatic carbocycles. The fraction of sp³-hybridized carbons (Fsp3) is 0.692. The molecule has 0 bridgehead atoms. The van der Waals surface area contributed by atoms with Crippen LogP contribution in [-0.4, -0.2) is 39.5 Å². The van der Waals surface area contributed by atoms with E-state index in [9.17, 15) is 4.79 Å². The Bertz CT molecular complexity index is 405. The Morgan fingerprint density at radius 3 is 2.72 bits per heavy atom. The first-order chi connectivity index (χ1) is 8.58. The highest BCUT2D eigenvalue weighted by Crippen LogP contribution is 2.21. The Balaban J connectivity index is 1.84. The summed E-state index contributed by atoms with van der Waals surface area (Å²) < 4.78 is 2.07. The minimum absolute atomic E-state index is 0.0745. The van der Waals surface area contributed by atoms with Gasteiger partial charge in [0, 0.05) is 39.0 Å². The number of rotatable bonds is 3. The predicted molar refractivity (Wildman–Crippen MR) is 69.9 cm³/mol. The van der Waals surface area contributed by atoms with Gasteiger partial charge in [0.2, 0.25) is 5.91 Å². The molecule has 5 heteroatoms. The highest BCUT2D eigenvalue weighted by molar-refractivity contribution is 5.81. The number of nitrogens with two attached hydrogens (primary N) is 1. The Labute approximate surface area is 108 Å². The maximum Gasteiger partial charge on any atom is 0.239 e. The van der Waals surface area contributed by atoms with Crippen LogP contribution in [0.4, 0.5) is 0 Å². The molecule has 0 unspecified atom stereocenters. The van der Waals surface area contributed by atoms with Crippen molar-refractivity contribution in [3.8, 4) is 0 Å². The number of amides is 1. The van der Waals surface area contributed by atoms with E-state index < -0.39 is 0 Å². The standard InChI is InChI=1S/C13H22N4O/c1-10(14)13(18)17-6-3-11(4-7-17)9-12-15-5-8-16(12)2/h5,8,10-11H,3-4,6-7,9,14H2,1-2H3/t10-/m1/s1. The molecule has 0 aliphatic carbocycles. The van der Waals surface area contributed by atoms with E-state index in [2.05, 4.69) is 9.55 Å². The van der Waals surface area contributed by atoms with Gasteiger partial charge in [0.1, 0.15) is 5.82 Å². The summed E-state index contributed by atoms with van der Waals surface area (Å²) in [4.78, 5) is 18.0. The van der Waals surface area contributed by atoms with E-state index in [4.69, 9.17) is 5.73 Å². The second-order valence-electron chi connectivity index (χ2n) is 5.22. The van der Waals surface area contributed by atoms with E-state index in [1.807, 2.05) is 24.3 Å². The number of hydrogen-bond donors (Lipinski definition) is 1. The molecule has 1 saturated heterocycles. The summed E-state index contributed by atoms with van der Waals surface area (Å²) in [6.07, 6.45) is 6.91. The molecular weight excluding hydrogens is 228 g/mol. The second-order valence-corrected chi connectivity index (χ2v) is 5.22. The molecule has 0 saturated carbocycles. The van der Waals surface area contributed by atoms with Crippen molar-refractivity contribution in [1.82, 2.24) is 14.5 Å². The highest BCUT2D eigenvalue weighted by Gasteiger charge is 2.25. The first kappa shape index (κ1) is 13.1. The topological polar surface area (TPSA) is 64.2 Å². The molecule has 1 aromatic rings. The highest BCUT2D eigenvalue weighted by atomic mass is 16.2. The summed E-state index contributed by atoms with van der Waals surface area (Å²) >= 11 is 0. The molecule has 2 N–H and O–H groups in total. The maximum absolute atomic E-state index is 11.8. The molecule has 1 aliphatic heterocycles. The SMILES string of the molecule is C[C@@H](N)C(=O)N1CCC(Cc2nccn2C)CC1. The van der Waals surface area contributed by atoms with E-state index >= 15 is 0 Å². The first-order valence-electron chi connectivity index (χ1n) is 6.58. The lowest BCUT2D eigenvalue weighted by molar-refractivity contribution is -0.133. The smallest absolute Gasteiger partial charge is 0.239 e. The van der Waals surface area contributed by atoms with Crippen LogP contribution in [-0.2, 0) is 18.3 Å².